The maximum absolute atomic E-state index is 10.6. The van der Waals surface area contributed by atoms with Gasteiger partial charge in [0.1, 0.15) is 5.82 Å². The highest BCUT2D eigenvalue weighted by molar-refractivity contribution is 5.70. The number of aromatic amines is 1. The molecule has 1 rings (SSSR count). The number of nitrogens with zero attached hydrogens (tertiary/aromatic N) is 1. The highest BCUT2D eigenvalue weighted by Crippen LogP contribution is 2.05. The smallest absolute Gasteiger partial charge is 0.308 e. The number of hydrogen-bond donors (Lipinski definition) is 3. The zero-order valence-electron chi connectivity index (χ0n) is 7.45. The van der Waals surface area contributed by atoms with Gasteiger partial charge in [-0.1, -0.05) is 0 Å². The highest BCUT2D eigenvalue weighted by Gasteiger charge is 2.16. The van der Waals surface area contributed by atoms with Gasteiger partial charge < -0.3 is 15.8 Å². The van der Waals surface area contributed by atoms with Crippen molar-refractivity contribution < 1.29 is 9.90 Å². The molecule has 0 saturated heterocycles. The summed E-state index contributed by atoms with van der Waals surface area (Å²) in [5.41, 5.74) is 6.13. The number of carboxylic acid groups (broad SMARTS) is 1. The van der Waals surface area contributed by atoms with Crippen molar-refractivity contribution in [3.8, 4) is 0 Å². The molecule has 1 heterocycles. The van der Waals surface area contributed by atoms with Crippen LogP contribution in [0.5, 0.6) is 0 Å². The van der Waals surface area contributed by atoms with Crippen LogP contribution in [-0.2, 0) is 11.2 Å². The Bertz CT molecular complexity index is 295. The minimum atomic E-state index is -0.866. The summed E-state index contributed by atoms with van der Waals surface area (Å²) >= 11 is 0. The number of aliphatic carboxylic acids is 1. The number of aromatic nitrogens is 2. The highest BCUT2D eigenvalue weighted by atomic mass is 16.4. The summed E-state index contributed by atoms with van der Waals surface area (Å²) < 4.78 is 0. The minimum absolute atomic E-state index is 0.146. The molecule has 5 nitrogen and oxygen atoms in total. The van der Waals surface area contributed by atoms with Gasteiger partial charge in [0, 0.05) is 24.9 Å². The van der Waals surface area contributed by atoms with Crippen molar-refractivity contribution in [1.29, 1.82) is 0 Å². The largest absolute Gasteiger partial charge is 0.481 e. The van der Waals surface area contributed by atoms with Gasteiger partial charge in [-0.05, 0) is 6.92 Å². The summed E-state index contributed by atoms with van der Waals surface area (Å²) in [5, 5.41) is 8.73. The van der Waals surface area contributed by atoms with Gasteiger partial charge in [0.25, 0.3) is 0 Å². The molecule has 1 atom stereocenters. The monoisotopic (exact) mass is 183 g/mol. The topological polar surface area (TPSA) is 92.0 Å². The molecule has 0 bridgehead atoms. The first-order valence-corrected chi connectivity index (χ1v) is 4.07. The molecule has 1 aromatic heterocycles. The molecule has 0 aromatic carbocycles. The molecule has 0 saturated carbocycles. The normalized spacial score (nSPS) is 12.8. The van der Waals surface area contributed by atoms with Gasteiger partial charge in [0.15, 0.2) is 0 Å². The molecule has 1 unspecified atom stereocenters. The second kappa shape index (κ2) is 4.04. The lowest BCUT2D eigenvalue weighted by molar-refractivity contribution is -0.141. The number of H-pyrrole nitrogens is 1. The van der Waals surface area contributed by atoms with Crippen LogP contribution < -0.4 is 5.73 Å². The molecule has 0 radical (unpaired) electrons. The summed E-state index contributed by atoms with van der Waals surface area (Å²) in [5.74, 6) is -0.606. The van der Waals surface area contributed by atoms with Crippen LogP contribution in [0.15, 0.2) is 6.20 Å². The molecule has 0 aliphatic carbocycles. The van der Waals surface area contributed by atoms with Crippen molar-refractivity contribution in [2.45, 2.75) is 13.3 Å². The Morgan fingerprint density at radius 2 is 2.54 bits per heavy atom. The Hall–Kier alpha value is -1.36. The van der Waals surface area contributed by atoms with E-state index in [1.165, 1.54) is 0 Å². The van der Waals surface area contributed by atoms with Gasteiger partial charge in [0.05, 0.1) is 5.92 Å². The van der Waals surface area contributed by atoms with E-state index in [2.05, 4.69) is 9.97 Å². The standard InChI is InChI=1S/C8H13N3O2/c1-5-10-4-7(11-5)2-6(3-9)8(12)13/h4,6H,2-3,9H2,1H3,(H,10,11)(H,12,13). The average molecular weight is 183 g/mol. The Kier molecular flexibility index (Phi) is 3.02. The number of nitrogens with two attached hydrogens (primary N) is 1. The molecule has 0 aliphatic heterocycles. The van der Waals surface area contributed by atoms with Crippen LogP contribution in [0.4, 0.5) is 0 Å². The summed E-state index contributed by atoms with van der Waals surface area (Å²) in [7, 11) is 0. The van der Waals surface area contributed by atoms with Crippen LogP contribution in [0.2, 0.25) is 0 Å². The van der Waals surface area contributed by atoms with Gasteiger partial charge in [0.2, 0.25) is 0 Å². The second-order valence-electron chi connectivity index (χ2n) is 2.97. The number of rotatable bonds is 4. The van der Waals surface area contributed by atoms with Crippen molar-refractivity contribution in [1.82, 2.24) is 9.97 Å². The first kappa shape index (κ1) is 9.73. The number of carboxylic acids is 1. The fraction of sp³-hybridized carbons (Fsp3) is 0.500. The number of aryl methyl sites for hydroxylation is 1. The van der Waals surface area contributed by atoms with Crippen LogP contribution in [0.3, 0.4) is 0 Å². The zero-order valence-corrected chi connectivity index (χ0v) is 7.45. The maximum atomic E-state index is 10.6. The molecule has 13 heavy (non-hydrogen) atoms. The Balaban J connectivity index is 2.61. The Labute approximate surface area is 76.0 Å². The van der Waals surface area contributed by atoms with Crippen LogP contribution in [0, 0.1) is 12.8 Å². The number of hydrogen-bond acceptors (Lipinski definition) is 3. The van der Waals surface area contributed by atoms with E-state index in [9.17, 15) is 4.79 Å². The predicted molar refractivity (Wildman–Crippen MR) is 47.2 cm³/mol. The molecule has 0 fully saturated rings. The third-order valence-electron chi connectivity index (χ3n) is 1.86. The van der Waals surface area contributed by atoms with Crippen LogP contribution in [0.1, 0.15) is 11.5 Å². The zero-order chi connectivity index (χ0) is 9.84. The third kappa shape index (κ3) is 2.55. The quantitative estimate of drug-likeness (QED) is 0.608. The van der Waals surface area contributed by atoms with Gasteiger partial charge in [-0.15, -0.1) is 0 Å². The van der Waals surface area contributed by atoms with Crippen LogP contribution >= 0.6 is 0 Å². The molecule has 0 aliphatic rings. The van der Waals surface area contributed by atoms with Crippen molar-refractivity contribution >= 4 is 5.97 Å². The van der Waals surface area contributed by atoms with E-state index in [1.54, 1.807) is 6.20 Å². The molecular weight excluding hydrogens is 170 g/mol. The van der Waals surface area contributed by atoms with Gasteiger partial charge in [-0.25, -0.2) is 4.98 Å². The summed E-state index contributed by atoms with van der Waals surface area (Å²) in [4.78, 5) is 17.6. The van der Waals surface area contributed by atoms with Crippen LogP contribution in [-0.4, -0.2) is 27.6 Å². The first-order chi connectivity index (χ1) is 6.13. The van der Waals surface area contributed by atoms with Crippen LogP contribution in [0.25, 0.3) is 0 Å². The lowest BCUT2D eigenvalue weighted by atomic mass is 10.0. The first-order valence-electron chi connectivity index (χ1n) is 4.07. The lowest BCUT2D eigenvalue weighted by Gasteiger charge is -2.06. The average Bonchev–Trinajstić information content (AvgIpc) is 2.46. The van der Waals surface area contributed by atoms with Crippen molar-refractivity contribution in [2.24, 2.45) is 11.7 Å². The summed E-state index contributed by atoms with van der Waals surface area (Å²) in [6, 6.07) is 0. The molecular formula is C8H13N3O2. The van der Waals surface area contributed by atoms with E-state index in [-0.39, 0.29) is 6.54 Å². The van der Waals surface area contributed by atoms with E-state index in [1.807, 2.05) is 6.92 Å². The van der Waals surface area contributed by atoms with E-state index in [0.29, 0.717) is 6.42 Å². The molecule has 0 spiro atoms. The predicted octanol–water partition coefficient (Wildman–Crippen LogP) is -0.0799. The molecule has 4 N–H and O–H groups in total. The summed E-state index contributed by atoms with van der Waals surface area (Å²) in [6.45, 7) is 1.97. The lowest BCUT2D eigenvalue weighted by Crippen LogP contribution is -2.25. The second-order valence-corrected chi connectivity index (χ2v) is 2.97. The fourth-order valence-electron chi connectivity index (χ4n) is 1.11. The van der Waals surface area contributed by atoms with Crippen molar-refractivity contribution in [3.05, 3.63) is 17.7 Å². The molecule has 5 heteroatoms. The minimum Gasteiger partial charge on any atom is -0.481 e. The third-order valence-corrected chi connectivity index (χ3v) is 1.86. The number of carbonyl (C=O) groups is 1. The van der Waals surface area contributed by atoms with Crippen molar-refractivity contribution in [2.75, 3.05) is 6.54 Å². The fourth-order valence-corrected chi connectivity index (χ4v) is 1.11. The Morgan fingerprint density at radius 3 is 2.92 bits per heavy atom. The van der Waals surface area contributed by atoms with Crippen molar-refractivity contribution in [3.63, 3.8) is 0 Å². The molecule has 1 aromatic rings. The van der Waals surface area contributed by atoms with Gasteiger partial charge >= 0.3 is 5.97 Å². The molecule has 72 valence electrons. The molecule has 0 amide bonds. The number of nitrogens with one attached hydrogen (secondary N) is 1. The van der Waals surface area contributed by atoms with E-state index < -0.39 is 11.9 Å². The van der Waals surface area contributed by atoms with E-state index in [4.69, 9.17) is 10.8 Å². The Morgan fingerprint density at radius 1 is 1.85 bits per heavy atom. The van der Waals surface area contributed by atoms with E-state index in [0.717, 1.165) is 11.5 Å². The van der Waals surface area contributed by atoms with Gasteiger partial charge in [-0.3, -0.25) is 4.79 Å². The summed E-state index contributed by atoms with van der Waals surface area (Å²) in [6.07, 6.45) is 2.05. The van der Waals surface area contributed by atoms with Gasteiger partial charge in [-0.2, -0.15) is 0 Å². The number of imidazole rings is 1. The SMILES string of the molecule is Cc1ncc(CC(CN)C(=O)O)[nH]1. The maximum Gasteiger partial charge on any atom is 0.308 e. The van der Waals surface area contributed by atoms with E-state index >= 15 is 0 Å².